The van der Waals surface area contributed by atoms with Crippen molar-refractivity contribution in [2.45, 2.75) is 4.90 Å². The Morgan fingerprint density at radius 1 is 1.30 bits per heavy atom. The number of halogens is 1. The molecule has 0 saturated heterocycles. The first-order valence-electron chi connectivity index (χ1n) is 5.85. The molecule has 1 N–H and O–H groups in total. The number of carboxylic acid groups (broad SMARTS) is 1. The average molecular weight is 354 g/mol. The molecule has 0 radical (unpaired) electrons. The number of rotatable bonds is 6. The Hall–Kier alpha value is -1.53. The second-order valence-corrected chi connectivity index (χ2v) is 5.92. The third-order valence-corrected chi connectivity index (χ3v) is 3.87. The van der Waals surface area contributed by atoms with Crippen molar-refractivity contribution in [2.24, 2.45) is 0 Å². The lowest BCUT2D eigenvalue weighted by atomic mass is 10.3. The van der Waals surface area contributed by atoms with Gasteiger partial charge in [0.2, 0.25) is 0 Å². The van der Waals surface area contributed by atoms with E-state index >= 15 is 0 Å². The molecule has 0 aliphatic rings. The first-order chi connectivity index (χ1) is 9.65. The van der Waals surface area contributed by atoms with Gasteiger partial charge in [0.1, 0.15) is 11.4 Å². The van der Waals surface area contributed by atoms with Crippen molar-refractivity contribution < 1.29 is 14.6 Å². The summed E-state index contributed by atoms with van der Waals surface area (Å²) in [7, 11) is 0. The molecule has 0 unspecified atom stereocenters. The first-order valence-corrected chi connectivity index (χ1v) is 7.63. The highest BCUT2D eigenvalue weighted by Crippen LogP contribution is 2.19. The van der Waals surface area contributed by atoms with Crippen LogP contribution < -0.4 is 4.74 Å². The quantitative estimate of drug-likeness (QED) is 0.633. The highest BCUT2D eigenvalue weighted by molar-refractivity contribution is 9.10. The summed E-state index contributed by atoms with van der Waals surface area (Å²) in [5.74, 6) is 0.535. The number of benzene rings is 1. The van der Waals surface area contributed by atoms with Gasteiger partial charge >= 0.3 is 5.97 Å². The van der Waals surface area contributed by atoms with Gasteiger partial charge in [-0.05, 0) is 36.4 Å². The highest BCUT2D eigenvalue weighted by Gasteiger charge is 2.05. The number of aromatic carboxylic acids is 1. The fourth-order valence-electron chi connectivity index (χ4n) is 1.47. The van der Waals surface area contributed by atoms with E-state index in [-0.39, 0.29) is 5.69 Å². The average Bonchev–Trinajstić information content (AvgIpc) is 2.46. The van der Waals surface area contributed by atoms with Gasteiger partial charge in [0.05, 0.1) is 6.61 Å². The number of aromatic nitrogens is 1. The number of carboxylic acids is 1. The molecule has 2 rings (SSSR count). The Labute approximate surface area is 129 Å². The SMILES string of the molecule is O=C(O)c1cc(SCCOc2ccc(Br)cc2)ccn1. The number of carbonyl (C=O) groups is 1. The van der Waals surface area contributed by atoms with Crippen LogP contribution in [0.25, 0.3) is 0 Å². The summed E-state index contributed by atoms with van der Waals surface area (Å²) >= 11 is 4.90. The minimum Gasteiger partial charge on any atom is -0.493 e. The maximum absolute atomic E-state index is 10.8. The van der Waals surface area contributed by atoms with Crippen LogP contribution in [0, 0.1) is 0 Å². The van der Waals surface area contributed by atoms with E-state index in [4.69, 9.17) is 9.84 Å². The van der Waals surface area contributed by atoms with Crippen molar-refractivity contribution in [1.82, 2.24) is 4.98 Å². The molecule has 0 fully saturated rings. The van der Waals surface area contributed by atoms with Crippen LogP contribution in [0.15, 0.2) is 52.0 Å². The summed E-state index contributed by atoms with van der Waals surface area (Å²) in [5, 5.41) is 8.85. The minimum absolute atomic E-state index is 0.0591. The van der Waals surface area contributed by atoms with Crippen LogP contribution in [0.2, 0.25) is 0 Å². The van der Waals surface area contributed by atoms with E-state index in [1.165, 1.54) is 18.0 Å². The van der Waals surface area contributed by atoms with E-state index in [9.17, 15) is 4.79 Å². The first kappa shape index (κ1) is 14.9. The van der Waals surface area contributed by atoms with E-state index in [0.29, 0.717) is 6.61 Å². The van der Waals surface area contributed by atoms with Crippen molar-refractivity contribution in [2.75, 3.05) is 12.4 Å². The topological polar surface area (TPSA) is 59.4 Å². The van der Waals surface area contributed by atoms with Crippen LogP contribution in [0.4, 0.5) is 0 Å². The molecule has 104 valence electrons. The predicted octanol–water partition coefficient (Wildman–Crippen LogP) is 3.71. The summed E-state index contributed by atoms with van der Waals surface area (Å²) < 4.78 is 6.60. The molecule has 1 heterocycles. The van der Waals surface area contributed by atoms with E-state index < -0.39 is 5.97 Å². The number of hydrogen-bond donors (Lipinski definition) is 1. The maximum Gasteiger partial charge on any atom is 0.354 e. The van der Waals surface area contributed by atoms with Crippen LogP contribution in [0.3, 0.4) is 0 Å². The van der Waals surface area contributed by atoms with Gasteiger partial charge in [-0.3, -0.25) is 0 Å². The molecule has 0 bridgehead atoms. The molecule has 1 aromatic heterocycles. The molecule has 0 aliphatic heterocycles. The molecule has 4 nitrogen and oxygen atoms in total. The predicted molar refractivity (Wildman–Crippen MR) is 81.6 cm³/mol. The fraction of sp³-hybridized carbons (Fsp3) is 0.143. The van der Waals surface area contributed by atoms with Crippen molar-refractivity contribution in [3.05, 3.63) is 52.8 Å². The van der Waals surface area contributed by atoms with Crippen molar-refractivity contribution in [1.29, 1.82) is 0 Å². The lowest BCUT2D eigenvalue weighted by molar-refractivity contribution is 0.0690. The summed E-state index contributed by atoms with van der Waals surface area (Å²) in [6, 6.07) is 11.0. The number of ether oxygens (including phenoxy) is 1. The van der Waals surface area contributed by atoms with E-state index in [2.05, 4.69) is 20.9 Å². The van der Waals surface area contributed by atoms with Crippen LogP contribution in [-0.4, -0.2) is 28.4 Å². The second kappa shape index (κ2) is 7.31. The molecular formula is C14H12BrNO3S. The van der Waals surface area contributed by atoms with Crippen LogP contribution in [0.1, 0.15) is 10.5 Å². The third-order valence-electron chi connectivity index (χ3n) is 2.38. The zero-order chi connectivity index (χ0) is 14.4. The monoisotopic (exact) mass is 353 g/mol. The summed E-state index contributed by atoms with van der Waals surface area (Å²) in [6.07, 6.45) is 1.50. The van der Waals surface area contributed by atoms with Crippen LogP contribution in [-0.2, 0) is 0 Å². The van der Waals surface area contributed by atoms with E-state index in [1.54, 1.807) is 12.1 Å². The van der Waals surface area contributed by atoms with Gasteiger partial charge in [0.15, 0.2) is 0 Å². The molecule has 0 atom stereocenters. The van der Waals surface area contributed by atoms with Gasteiger partial charge in [0.25, 0.3) is 0 Å². The number of thioether (sulfide) groups is 1. The Balaban J connectivity index is 1.79. The third kappa shape index (κ3) is 4.54. The summed E-state index contributed by atoms with van der Waals surface area (Å²) in [5.41, 5.74) is 0.0591. The van der Waals surface area contributed by atoms with Gasteiger partial charge in [-0.15, -0.1) is 11.8 Å². The molecule has 6 heteroatoms. The lowest BCUT2D eigenvalue weighted by Crippen LogP contribution is -2.01. The molecular weight excluding hydrogens is 342 g/mol. The maximum atomic E-state index is 10.8. The molecule has 0 saturated carbocycles. The zero-order valence-corrected chi connectivity index (χ0v) is 12.9. The molecule has 2 aromatic rings. The van der Waals surface area contributed by atoms with Crippen LogP contribution >= 0.6 is 27.7 Å². The number of nitrogens with zero attached hydrogens (tertiary/aromatic N) is 1. The van der Waals surface area contributed by atoms with Gasteiger partial charge in [0, 0.05) is 21.3 Å². The Morgan fingerprint density at radius 2 is 2.05 bits per heavy atom. The molecule has 0 aliphatic carbocycles. The number of pyridine rings is 1. The van der Waals surface area contributed by atoms with Gasteiger partial charge in [-0.1, -0.05) is 15.9 Å². The highest BCUT2D eigenvalue weighted by atomic mass is 79.9. The molecule has 0 amide bonds. The van der Waals surface area contributed by atoms with Crippen molar-refractivity contribution in [3.8, 4) is 5.75 Å². The smallest absolute Gasteiger partial charge is 0.354 e. The Morgan fingerprint density at radius 3 is 2.75 bits per heavy atom. The Bertz CT molecular complexity index is 589. The fourth-order valence-corrected chi connectivity index (χ4v) is 2.49. The standard InChI is InChI=1S/C14H12BrNO3S/c15-10-1-3-11(4-2-10)19-7-8-20-12-5-6-16-13(9-12)14(17)18/h1-6,9H,7-8H2,(H,17,18). The van der Waals surface area contributed by atoms with Gasteiger partial charge in [-0.2, -0.15) is 0 Å². The largest absolute Gasteiger partial charge is 0.493 e. The van der Waals surface area contributed by atoms with Crippen molar-refractivity contribution in [3.63, 3.8) is 0 Å². The van der Waals surface area contributed by atoms with Gasteiger partial charge < -0.3 is 9.84 Å². The number of hydrogen-bond acceptors (Lipinski definition) is 4. The summed E-state index contributed by atoms with van der Waals surface area (Å²) in [4.78, 5) is 15.4. The van der Waals surface area contributed by atoms with Crippen molar-refractivity contribution >= 4 is 33.7 Å². The van der Waals surface area contributed by atoms with Crippen LogP contribution in [0.5, 0.6) is 5.75 Å². The zero-order valence-electron chi connectivity index (χ0n) is 10.5. The molecule has 0 spiro atoms. The normalized spacial score (nSPS) is 10.2. The van der Waals surface area contributed by atoms with E-state index in [0.717, 1.165) is 20.9 Å². The second-order valence-electron chi connectivity index (χ2n) is 3.83. The molecule has 1 aromatic carbocycles. The summed E-state index contributed by atoms with van der Waals surface area (Å²) in [6.45, 7) is 0.553. The Kier molecular flexibility index (Phi) is 5.43. The molecule has 20 heavy (non-hydrogen) atoms. The minimum atomic E-state index is -1.02. The van der Waals surface area contributed by atoms with Gasteiger partial charge in [-0.25, -0.2) is 9.78 Å². The van der Waals surface area contributed by atoms with E-state index in [1.807, 2.05) is 24.3 Å². The lowest BCUT2D eigenvalue weighted by Gasteiger charge is -2.06.